The van der Waals surface area contributed by atoms with Gasteiger partial charge in [-0.15, -0.1) is 0 Å². The predicted molar refractivity (Wildman–Crippen MR) is 69.3 cm³/mol. The lowest BCUT2D eigenvalue weighted by Gasteiger charge is -2.25. The van der Waals surface area contributed by atoms with Crippen LogP contribution in [0.5, 0.6) is 0 Å². The fourth-order valence-electron chi connectivity index (χ4n) is 1.64. The van der Waals surface area contributed by atoms with E-state index in [1.54, 1.807) is 7.11 Å². The number of carbonyl (C=O) groups excluding carboxylic acids is 1. The van der Waals surface area contributed by atoms with Crippen LogP contribution in [0.1, 0.15) is 24.2 Å². The van der Waals surface area contributed by atoms with Crippen LogP contribution in [0.15, 0.2) is 24.3 Å². The molecule has 0 radical (unpaired) electrons. The first-order valence-corrected chi connectivity index (χ1v) is 6.06. The van der Waals surface area contributed by atoms with E-state index in [0.717, 1.165) is 0 Å². The third kappa shape index (κ3) is 4.55. The topological polar surface area (TPSA) is 29.5 Å². The maximum atomic E-state index is 12.8. The maximum Gasteiger partial charge on any atom is 0.176 e. The van der Waals surface area contributed by atoms with Crippen LogP contribution in [0, 0.1) is 5.82 Å². The fraction of sp³-hybridized carbons (Fsp3) is 0.500. The molecule has 0 aliphatic rings. The lowest BCUT2D eigenvalue weighted by atomic mass is 10.1. The van der Waals surface area contributed by atoms with Crippen LogP contribution in [0.2, 0.25) is 0 Å². The molecule has 0 aromatic heterocycles. The Morgan fingerprint density at radius 2 is 1.94 bits per heavy atom. The van der Waals surface area contributed by atoms with Crippen molar-refractivity contribution in [3.63, 3.8) is 0 Å². The Kier molecular flexibility index (Phi) is 5.95. The van der Waals surface area contributed by atoms with Gasteiger partial charge in [-0.25, -0.2) is 4.39 Å². The van der Waals surface area contributed by atoms with E-state index in [2.05, 4.69) is 0 Å². The van der Waals surface area contributed by atoms with Crippen LogP contribution >= 0.6 is 0 Å². The number of methoxy groups -OCH3 is 1. The SMILES string of the molecule is COCCN(CC(=O)c1ccc(F)cc1)C(C)C. The monoisotopic (exact) mass is 253 g/mol. The summed E-state index contributed by atoms with van der Waals surface area (Å²) < 4.78 is 17.8. The van der Waals surface area contributed by atoms with Gasteiger partial charge in [0.1, 0.15) is 5.82 Å². The second-order valence-electron chi connectivity index (χ2n) is 4.49. The Morgan fingerprint density at radius 1 is 1.33 bits per heavy atom. The Bertz CT molecular complexity index is 376. The van der Waals surface area contributed by atoms with E-state index in [1.165, 1.54) is 24.3 Å². The summed E-state index contributed by atoms with van der Waals surface area (Å²) in [6.45, 7) is 5.70. The number of carbonyl (C=O) groups is 1. The number of hydrogen-bond donors (Lipinski definition) is 0. The van der Waals surface area contributed by atoms with E-state index in [0.29, 0.717) is 25.3 Å². The summed E-state index contributed by atoms with van der Waals surface area (Å²) >= 11 is 0. The quantitative estimate of drug-likeness (QED) is 0.699. The summed E-state index contributed by atoms with van der Waals surface area (Å²) in [4.78, 5) is 14.1. The lowest BCUT2D eigenvalue weighted by molar-refractivity contribution is 0.0852. The summed E-state index contributed by atoms with van der Waals surface area (Å²) in [6.07, 6.45) is 0. The maximum absolute atomic E-state index is 12.8. The van der Waals surface area contributed by atoms with Crippen molar-refractivity contribution >= 4 is 5.78 Å². The largest absolute Gasteiger partial charge is 0.383 e. The molecular formula is C14H20FNO2. The minimum atomic E-state index is -0.327. The van der Waals surface area contributed by atoms with Gasteiger partial charge in [0.25, 0.3) is 0 Å². The normalized spacial score (nSPS) is 11.2. The number of ketones is 1. The summed E-state index contributed by atoms with van der Waals surface area (Å²) in [5.74, 6) is -0.327. The molecule has 0 saturated carbocycles. The third-order valence-corrected chi connectivity index (χ3v) is 2.83. The van der Waals surface area contributed by atoms with Crippen LogP contribution in [-0.2, 0) is 4.74 Å². The summed E-state index contributed by atoms with van der Waals surface area (Å²) in [5, 5.41) is 0. The Morgan fingerprint density at radius 3 is 2.44 bits per heavy atom. The molecule has 1 aromatic rings. The first-order valence-electron chi connectivity index (χ1n) is 6.06. The number of nitrogens with zero attached hydrogens (tertiary/aromatic N) is 1. The molecule has 1 aromatic carbocycles. The van der Waals surface area contributed by atoms with E-state index in [1.807, 2.05) is 18.7 Å². The molecule has 3 nitrogen and oxygen atoms in total. The summed E-state index contributed by atoms with van der Waals surface area (Å²) in [5.41, 5.74) is 0.541. The van der Waals surface area contributed by atoms with Gasteiger partial charge in [-0.3, -0.25) is 9.69 Å². The van der Waals surface area contributed by atoms with Crippen molar-refractivity contribution in [2.45, 2.75) is 19.9 Å². The Hall–Kier alpha value is -1.26. The molecule has 0 saturated heterocycles. The molecule has 0 N–H and O–H groups in total. The smallest absolute Gasteiger partial charge is 0.176 e. The highest BCUT2D eigenvalue weighted by Crippen LogP contribution is 2.06. The second-order valence-corrected chi connectivity index (χ2v) is 4.49. The average Bonchev–Trinajstić information content (AvgIpc) is 2.34. The Labute approximate surface area is 108 Å². The van der Waals surface area contributed by atoms with Gasteiger partial charge in [0.05, 0.1) is 13.2 Å². The molecule has 0 unspecified atom stereocenters. The molecule has 0 aliphatic carbocycles. The average molecular weight is 253 g/mol. The highest BCUT2D eigenvalue weighted by Gasteiger charge is 2.15. The minimum absolute atomic E-state index is 0.000182. The molecule has 0 spiro atoms. The predicted octanol–water partition coefficient (Wildman–Crippen LogP) is 2.37. The molecule has 0 bridgehead atoms. The van der Waals surface area contributed by atoms with Gasteiger partial charge < -0.3 is 4.74 Å². The van der Waals surface area contributed by atoms with Crippen molar-refractivity contribution in [3.05, 3.63) is 35.6 Å². The van der Waals surface area contributed by atoms with Gasteiger partial charge in [0.15, 0.2) is 5.78 Å². The van der Waals surface area contributed by atoms with Crippen molar-refractivity contribution in [1.82, 2.24) is 4.90 Å². The van der Waals surface area contributed by atoms with E-state index in [4.69, 9.17) is 4.74 Å². The molecule has 0 aliphatic heterocycles. The van der Waals surface area contributed by atoms with E-state index in [9.17, 15) is 9.18 Å². The van der Waals surface area contributed by atoms with Crippen LogP contribution in [0.4, 0.5) is 4.39 Å². The zero-order valence-corrected chi connectivity index (χ0v) is 11.1. The van der Waals surface area contributed by atoms with Crippen LogP contribution in [0.3, 0.4) is 0 Å². The molecule has 0 atom stereocenters. The number of benzene rings is 1. The third-order valence-electron chi connectivity index (χ3n) is 2.83. The van der Waals surface area contributed by atoms with Crippen molar-refractivity contribution in [2.24, 2.45) is 0 Å². The fourth-order valence-corrected chi connectivity index (χ4v) is 1.64. The summed E-state index contributed by atoms with van der Waals surface area (Å²) in [7, 11) is 1.64. The number of rotatable bonds is 7. The first-order chi connectivity index (χ1) is 8.54. The Balaban J connectivity index is 2.63. The minimum Gasteiger partial charge on any atom is -0.383 e. The van der Waals surface area contributed by atoms with Gasteiger partial charge in [0, 0.05) is 25.3 Å². The molecule has 1 rings (SSSR count). The van der Waals surface area contributed by atoms with E-state index in [-0.39, 0.29) is 17.6 Å². The zero-order valence-electron chi connectivity index (χ0n) is 11.1. The first kappa shape index (κ1) is 14.8. The second kappa shape index (κ2) is 7.24. The van der Waals surface area contributed by atoms with Crippen molar-refractivity contribution in [2.75, 3.05) is 26.8 Å². The number of ether oxygens (including phenoxy) is 1. The molecule has 4 heteroatoms. The number of halogens is 1. The number of hydrogen-bond acceptors (Lipinski definition) is 3. The van der Waals surface area contributed by atoms with Gasteiger partial charge in [-0.05, 0) is 38.1 Å². The van der Waals surface area contributed by atoms with Gasteiger partial charge >= 0.3 is 0 Å². The molecule has 18 heavy (non-hydrogen) atoms. The molecule has 0 fully saturated rings. The lowest BCUT2D eigenvalue weighted by Crippen LogP contribution is -2.38. The standard InChI is InChI=1S/C14H20FNO2/c1-11(2)16(8-9-18-3)10-14(17)12-4-6-13(15)7-5-12/h4-7,11H,8-10H2,1-3H3. The molecular weight excluding hydrogens is 233 g/mol. The van der Waals surface area contributed by atoms with Crippen molar-refractivity contribution in [3.8, 4) is 0 Å². The molecule has 100 valence electrons. The van der Waals surface area contributed by atoms with Gasteiger partial charge in [-0.2, -0.15) is 0 Å². The van der Waals surface area contributed by atoms with Crippen molar-refractivity contribution < 1.29 is 13.9 Å². The van der Waals surface area contributed by atoms with Crippen LogP contribution < -0.4 is 0 Å². The van der Waals surface area contributed by atoms with Crippen LogP contribution in [-0.4, -0.2) is 43.5 Å². The van der Waals surface area contributed by atoms with E-state index >= 15 is 0 Å². The highest BCUT2D eigenvalue weighted by atomic mass is 19.1. The van der Waals surface area contributed by atoms with Gasteiger partial charge in [0.2, 0.25) is 0 Å². The molecule has 0 amide bonds. The highest BCUT2D eigenvalue weighted by molar-refractivity contribution is 5.97. The molecule has 0 heterocycles. The van der Waals surface area contributed by atoms with Crippen LogP contribution in [0.25, 0.3) is 0 Å². The number of Topliss-reactive ketones (excluding diaryl/α,β-unsaturated/α-hetero) is 1. The van der Waals surface area contributed by atoms with Crippen molar-refractivity contribution in [1.29, 1.82) is 0 Å². The summed E-state index contributed by atoms with van der Waals surface area (Å²) in [6, 6.07) is 5.92. The van der Waals surface area contributed by atoms with E-state index < -0.39 is 0 Å². The van der Waals surface area contributed by atoms with Gasteiger partial charge in [-0.1, -0.05) is 0 Å². The zero-order chi connectivity index (χ0) is 13.5.